The molecule has 2 atom stereocenters. The van der Waals surface area contributed by atoms with Crippen LogP contribution in [0, 0.1) is 5.92 Å². The standard InChI is InChI=1S/C12H18N4O/c1-7(2)10(8(3)13)12-15-11(16-17-12)9-5-4-6-14-9/h4-8,10,14H,13H2,1-3H3. The molecule has 0 amide bonds. The molecule has 0 saturated heterocycles. The number of hydrogen-bond acceptors (Lipinski definition) is 4. The van der Waals surface area contributed by atoms with Crippen molar-refractivity contribution in [2.75, 3.05) is 0 Å². The number of nitrogens with one attached hydrogen (secondary N) is 1. The van der Waals surface area contributed by atoms with Gasteiger partial charge in [0.25, 0.3) is 0 Å². The lowest BCUT2D eigenvalue weighted by atomic mass is 9.90. The summed E-state index contributed by atoms with van der Waals surface area (Å²) >= 11 is 0. The predicted molar refractivity (Wildman–Crippen MR) is 65.3 cm³/mol. The van der Waals surface area contributed by atoms with Crippen molar-refractivity contribution in [2.45, 2.75) is 32.7 Å². The summed E-state index contributed by atoms with van der Waals surface area (Å²) in [5.74, 6) is 1.65. The average molecular weight is 234 g/mol. The quantitative estimate of drug-likeness (QED) is 0.849. The van der Waals surface area contributed by atoms with Gasteiger partial charge < -0.3 is 15.2 Å². The van der Waals surface area contributed by atoms with Crippen molar-refractivity contribution in [3.8, 4) is 11.5 Å². The fourth-order valence-corrected chi connectivity index (χ4v) is 2.07. The SMILES string of the molecule is CC(C)C(c1nc(-c2ccc[nH]2)no1)C(C)N. The lowest BCUT2D eigenvalue weighted by Gasteiger charge is -2.20. The van der Waals surface area contributed by atoms with E-state index in [4.69, 9.17) is 10.3 Å². The molecule has 2 rings (SSSR count). The van der Waals surface area contributed by atoms with E-state index in [0.717, 1.165) is 5.69 Å². The molecule has 2 unspecified atom stereocenters. The Hall–Kier alpha value is -1.62. The first kappa shape index (κ1) is 11.9. The topological polar surface area (TPSA) is 80.7 Å². The van der Waals surface area contributed by atoms with E-state index in [1.54, 1.807) is 0 Å². The number of nitrogens with two attached hydrogens (primary N) is 1. The van der Waals surface area contributed by atoms with Crippen LogP contribution < -0.4 is 5.73 Å². The molecular formula is C12H18N4O. The minimum absolute atomic E-state index is 0.00746. The molecule has 0 spiro atoms. The maximum atomic E-state index is 5.96. The summed E-state index contributed by atoms with van der Waals surface area (Å²) in [6.45, 7) is 6.17. The van der Waals surface area contributed by atoms with Crippen LogP contribution in [-0.2, 0) is 0 Å². The zero-order valence-corrected chi connectivity index (χ0v) is 10.3. The molecule has 0 saturated carbocycles. The van der Waals surface area contributed by atoms with Gasteiger partial charge in [-0.15, -0.1) is 0 Å². The van der Waals surface area contributed by atoms with Gasteiger partial charge in [-0.1, -0.05) is 19.0 Å². The van der Waals surface area contributed by atoms with Crippen LogP contribution in [0.4, 0.5) is 0 Å². The number of H-pyrrole nitrogens is 1. The van der Waals surface area contributed by atoms with E-state index in [-0.39, 0.29) is 12.0 Å². The molecule has 17 heavy (non-hydrogen) atoms. The third-order valence-electron chi connectivity index (χ3n) is 2.85. The third-order valence-corrected chi connectivity index (χ3v) is 2.85. The van der Waals surface area contributed by atoms with Crippen LogP contribution in [-0.4, -0.2) is 21.2 Å². The van der Waals surface area contributed by atoms with E-state index in [1.165, 1.54) is 0 Å². The van der Waals surface area contributed by atoms with Crippen molar-refractivity contribution in [1.82, 2.24) is 15.1 Å². The van der Waals surface area contributed by atoms with E-state index in [0.29, 0.717) is 17.6 Å². The molecule has 0 aromatic carbocycles. The molecule has 0 aliphatic carbocycles. The summed E-state index contributed by atoms with van der Waals surface area (Å²) in [7, 11) is 0. The van der Waals surface area contributed by atoms with E-state index < -0.39 is 0 Å². The lowest BCUT2D eigenvalue weighted by molar-refractivity contribution is 0.300. The van der Waals surface area contributed by atoms with Crippen LogP contribution in [0.2, 0.25) is 0 Å². The molecular weight excluding hydrogens is 216 g/mol. The van der Waals surface area contributed by atoms with Crippen LogP contribution >= 0.6 is 0 Å². The van der Waals surface area contributed by atoms with Crippen molar-refractivity contribution in [3.05, 3.63) is 24.2 Å². The Morgan fingerprint density at radius 2 is 2.12 bits per heavy atom. The zero-order valence-electron chi connectivity index (χ0n) is 10.3. The summed E-state index contributed by atoms with van der Waals surface area (Å²) in [4.78, 5) is 7.45. The summed E-state index contributed by atoms with van der Waals surface area (Å²) < 4.78 is 5.31. The number of hydrogen-bond donors (Lipinski definition) is 2. The van der Waals surface area contributed by atoms with Crippen LogP contribution in [0.25, 0.3) is 11.5 Å². The van der Waals surface area contributed by atoms with E-state index in [9.17, 15) is 0 Å². The maximum absolute atomic E-state index is 5.96. The second-order valence-electron chi connectivity index (χ2n) is 4.67. The maximum Gasteiger partial charge on any atom is 0.231 e. The first-order valence-electron chi connectivity index (χ1n) is 5.82. The van der Waals surface area contributed by atoms with Crippen LogP contribution in [0.5, 0.6) is 0 Å². The van der Waals surface area contributed by atoms with Crippen molar-refractivity contribution < 1.29 is 4.52 Å². The van der Waals surface area contributed by atoms with Gasteiger partial charge in [-0.25, -0.2) is 0 Å². The highest BCUT2D eigenvalue weighted by Crippen LogP contribution is 2.27. The second-order valence-corrected chi connectivity index (χ2v) is 4.67. The van der Waals surface area contributed by atoms with Gasteiger partial charge in [0, 0.05) is 12.2 Å². The average Bonchev–Trinajstić information content (AvgIpc) is 2.83. The van der Waals surface area contributed by atoms with Gasteiger partial charge in [-0.05, 0) is 25.0 Å². The van der Waals surface area contributed by atoms with Crippen molar-refractivity contribution in [2.24, 2.45) is 11.7 Å². The Bertz CT molecular complexity index is 451. The normalized spacial score (nSPS) is 15.1. The molecule has 5 heteroatoms. The monoisotopic (exact) mass is 234 g/mol. The van der Waals surface area contributed by atoms with Gasteiger partial charge in [0.1, 0.15) is 0 Å². The van der Waals surface area contributed by atoms with Crippen LogP contribution in [0.3, 0.4) is 0 Å². The van der Waals surface area contributed by atoms with Crippen molar-refractivity contribution in [1.29, 1.82) is 0 Å². The molecule has 0 aliphatic heterocycles. The third kappa shape index (κ3) is 2.39. The minimum atomic E-state index is -0.00746. The van der Waals surface area contributed by atoms with Crippen LogP contribution in [0.1, 0.15) is 32.6 Å². The molecule has 2 aromatic heterocycles. The van der Waals surface area contributed by atoms with Gasteiger partial charge in [0.05, 0.1) is 11.6 Å². The Labute approximate surface area is 100 Å². The summed E-state index contributed by atoms with van der Waals surface area (Å²) in [5.41, 5.74) is 6.82. The first-order valence-corrected chi connectivity index (χ1v) is 5.82. The molecule has 0 bridgehead atoms. The van der Waals surface area contributed by atoms with E-state index in [2.05, 4.69) is 29.0 Å². The largest absolute Gasteiger partial charge is 0.359 e. The van der Waals surface area contributed by atoms with Gasteiger partial charge in [-0.3, -0.25) is 0 Å². The first-order chi connectivity index (χ1) is 8.09. The highest BCUT2D eigenvalue weighted by molar-refractivity contribution is 5.47. The number of rotatable bonds is 4. The Balaban J connectivity index is 2.28. The van der Waals surface area contributed by atoms with Crippen molar-refractivity contribution >= 4 is 0 Å². The van der Waals surface area contributed by atoms with Crippen molar-refractivity contribution in [3.63, 3.8) is 0 Å². The highest BCUT2D eigenvalue weighted by Gasteiger charge is 2.26. The number of nitrogens with zero attached hydrogens (tertiary/aromatic N) is 2. The molecule has 2 heterocycles. The Morgan fingerprint density at radius 1 is 1.35 bits per heavy atom. The second kappa shape index (κ2) is 4.71. The van der Waals surface area contributed by atoms with Gasteiger partial charge in [0.15, 0.2) is 0 Å². The summed E-state index contributed by atoms with van der Waals surface area (Å²) in [6, 6.07) is 3.80. The molecule has 0 aliphatic rings. The molecule has 92 valence electrons. The Morgan fingerprint density at radius 3 is 2.65 bits per heavy atom. The number of aromatic amines is 1. The number of aromatic nitrogens is 3. The summed E-state index contributed by atoms with van der Waals surface area (Å²) in [6.07, 6.45) is 1.83. The molecule has 3 N–H and O–H groups in total. The van der Waals surface area contributed by atoms with Gasteiger partial charge in [0.2, 0.25) is 11.7 Å². The molecule has 2 aromatic rings. The minimum Gasteiger partial charge on any atom is -0.359 e. The molecule has 0 radical (unpaired) electrons. The molecule has 0 fully saturated rings. The zero-order chi connectivity index (χ0) is 12.4. The molecule has 5 nitrogen and oxygen atoms in total. The van der Waals surface area contributed by atoms with Gasteiger partial charge in [-0.2, -0.15) is 4.98 Å². The fourth-order valence-electron chi connectivity index (χ4n) is 2.07. The lowest BCUT2D eigenvalue weighted by Crippen LogP contribution is -2.28. The van der Waals surface area contributed by atoms with E-state index in [1.807, 2.05) is 25.3 Å². The van der Waals surface area contributed by atoms with Crippen LogP contribution in [0.15, 0.2) is 22.9 Å². The van der Waals surface area contributed by atoms with Gasteiger partial charge >= 0.3 is 0 Å². The van der Waals surface area contributed by atoms with E-state index >= 15 is 0 Å². The summed E-state index contributed by atoms with van der Waals surface area (Å²) in [5, 5.41) is 3.97. The highest BCUT2D eigenvalue weighted by atomic mass is 16.5. The smallest absolute Gasteiger partial charge is 0.231 e. The fraction of sp³-hybridized carbons (Fsp3) is 0.500. The predicted octanol–water partition coefficient (Wildman–Crippen LogP) is 2.15. The Kier molecular flexibility index (Phi) is 3.28.